The van der Waals surface area contributed by atoms with Crippen molar-refractivity contribution < 1.29 is 13.2 Å². The molecule has 7 nitrogen and oxygen atoms in total. The van der Waals surface area contributed by atoms with Gasteiger partial charge in [-0.3, -0.25) is 4.99 Å². The first kappa shape index (κ1) is 21.7. The first-order valence-electron chi connectivity index (χ1n) is 9.56. The molecule has 1 aliphatic rings. The van der Waals surface area contributed by atoms with Gasteiger partial charge in [0.1, 0.15) is 0 Å². The lowest BCUT2D eigenvalue weighted by molar-refractivity contribution is 0.179. The van der Waals surface area contributed by atoms with Crippen LogP contribution in [0.4, 0.5) is 0 Å². The molecule has 1 aromatic rings. The van der Waals surface area contributed by atoms with E-state index in [4.69, 9.17) is 4.74 Å². The molecule has 8 heteroatoms. The van der Waals surface area contributed by atoms with Crippen molar-refractivity contribution in [1.82, 2.24) is 14.9 Å². The van der Waals surface area contributed by atoms with Gasteiger partial charge in [-0.1, -0.05) is 18.2 Å². The van der Waals surface area contributed by atoms with Crippen molar-refractivity contribution in [2.75, 3.05) is 39.9 Å². The van der Waals surface area contributed by atoms with Crippen LogP contribution in [0.25, 0.3) is 0 Å². The Balaban J connectivity index is 1.89. The van der Waals surface area contributed by atoms with E-state index in [1.54, 1.807) is 35.7 Å². The Kier molecular flexibility index (Phi) is 8.53. The predicted octanol–water partition coefficient (Wildman–Crippen LogP) is 1.68. The summed E-state index contributed by atoms with van der Waals surface area (Å²) in [4.78, 5) is 5.04. The molecule has 0 spiro atoms. The predicted molar refractivity (Wildman–Crippen MR) is 108 cm³/mol. The van der Waals surface area contributed by atoms with Gasteiger partial charge in [0.2, 0.25) is 10.0 Å². The molecule has 1 heterocycles. The monoisotopic (exact) mass is 396 g/mol. The van der Waals surface area contributed by atoms with Gasteiger partial charge in [0.05, 0.1) is 11.5 Å². The normalized spacial score (nSPS) is 18.3. The standard InChI is InChI=1S/C19H32N4O3S/c1-4-20-19(22-16(2)15-26-3)21-14-17-10-12-23(13-11-17)27(24,25)18-8-6-5-7-9-18/h5-9,16-17H,4,10-15H2,1-3H3,(H2,20,21,22). The second-order valence-electron chi connectivity index (χ2n) is 6.88. The van der Waals surface area contributed by atoms with Crippen LogP contribution in [0.5, 0.6) is 0 Å². The summed E-state index contributed by atoms with van der Waals surface area (Å²) in [5.74, 6) is 1.17. The number of hydrogen-bond donors (Lipinski definition) is 2. The van der Waals surface area contributed by atoms with Crippen molar-refractivity contribution in [3.8, 4) is 0 Å². The molecule has 0 amide bonds. The fourth-order valence-electron chi connectivity index (χ4n) is 3.14. The van der Waals surface area contributed by atoms with Crippen LogP contribution in [0.3, 0.4) is 0 Å². The number of nitrogens with one attached hydrogen (secondary N) is 2. The number of rotatable bonds is 8. The molecule has 0 aromatic heterocycles. The summed E-state index contributed by atoms with van der Waals surface area (Å²) in [6, 6.07) is 8.82. The smallest absolute Gasteiger partial charge is 0.243 e. The Morgan fingerprint density at radius 3 is 2.56 bits per heavy atom. The van der Waals surface area contributed by atoms with Crippen LogP contribution < -0.4 is 10.6 Å². The van der Waals surface area contributed by atoms with Gasteiger partial charge in [-0.25, -0.2) is 8.42 Å². The van der Waals surface area contributed by atoms with E-state index in [9.17, 15) is 8.42 Å². The molecule has 152 valence electrons. The zero-order valence-corrected chi connectivity index (χ0v) is 17.3. The van der Waals surface area contributed by atoms with E-state index in [0.717, 1.165) is 25.3 Å². The third-order valence-electron chi connectivity index (χ3n) is 4.61. The number of methoxy groups -OCH3 is 1. The van der Waals surface area contributed by atoms with E-state index >= 15 is 0 Å². The molecule has 1 aliphatic heterocycles. The number of aliphatic imine (C=N–C) groups is 1. The molecule has 0 saturated carbocycles. The molecular formula is C19H32N4O3S. The van der Waals surface area contributed by atoms with Crippen LogP contribution in [0.2, 0.25) is 0 Å². The minimum Gasteiger partial charge on any atom is -0.383 e. The van der Waals surface area contributed by atoms with Gasteiger partial charge in [0.15, 0.2) is 5.96 Å². The first-order valence-corrected chi connectivity index (χ1v) is 11.0. The number of piperidine rings is 1. The van der Waals surface area contributed by atoms with E-state index < -0.39 is 10.0 Å². The summed E-state index contributed by atoms with van der Waals surface area (Å²) in [6.45, 7) is 7.25. The highest BCUT2D eigenvalue weighted by Gasteiger charge is 2.29. The Labute approximate surface area is 163 Å². The summed E-state index contributed by atoms with van der Waals surface area (Å²) in [7, 11) is -1.71. The highest BCUT2D eigenvalue weighted by Crippen LogP contribution is 2.23. The van der Waals surface area contributed by atoms with Crippen molar-refractivity contribution in [2.45, 2.75) is 37.6 Å². The zero-order chi connectivity index (χ0) is 19.7. The van der Waals surface area contributed by atoms with Crippen LogP contribution in [0.1, 0.15) is 26.7 Å². The molecule has 1 unspecified atom stereocenters. The van der Waals surface area contributed by atoms with E-state index in [0.29, 0.717) is 37.1 Å². The molecular weight excluding hydrogens is 364 g/mol. The summed E-state index contributed by atoms with van der Waals surface area (Å²) in [6.07, 6.45) is 1.64. The molecule has 1 atom stereocenters. The number of guanidine groups is 1. The molecule has 0 bridgehead atoms. The maximum absolute atomic E-state index is 12.7. The third kappa shape index (κ3) is 6.48. The van der Waals surface area contributed by atoms with Crippen molar-refractivity contribution in [3.05, 3.63) is 30.3 Å². The molecule has 1 fully saturated rings. The van der Waals surface area contributed by atoms with Crippen LogP contribution in [0, 0.1) is 5.92 Å². The molecule has 2 rings (SSSR count). The average molecular weight is 397 g/mol. The molecule has 1 aromatic carbocycles. The van der Waals surface area contributed by atoms with Crippen LogP contribution in [0.15, 0.2) is 40.2 Å². The van der Waals surface area contributed by atoms with Crippen molar-refractivity contribution in [1.29, 1.82) is 0 Å². The van der Waals surface area contributed by atoms with Gasteiger partial charge in [-0.2, -0.15) is 4.31 Å². The van der Waals surface area contributed by atoms with Gasteiger partial charge < -0.3 is 15.4 Å². The van der Waals surface area contributed by atoms with Gasteiger partial charge >= 0.3 is 0 Å². The maximum Gasteiger partial charge on any atom is 0.243 e. The van der Waals surface area contributed by atoms with Crippen LogP contribution >= 0.6 is 0 Å². The Morgan fingerprint density at radius 1 is 1.30 bits per heavy atom. The number of benzene rings is 1. The number of hydrogen-bond acceptors (Lipinski definition) is 4. The fourth-order valence-corrected chi connectivity index (χ4v) is 4.63. The summed E-state index contributed by atoms with van der Waals surface area (Å²) < 4.78 is 32.1. The van der Waals surface area contributed by atoms with E-state index in [-0.39, 0.29) is 6.04 Å². The Bertz CT molecular complexity index is 686. The lowest BCUT2D eigenvalue weighted by Gasteiger charge is -2.30. The van der Waals surface area contributed by atoms with Gasteiger partial charge in [0.25, 0.3) is 0 Å². The topological polar surface area (TPSA) is 83.0 Å². The van der Waals surface area contributed by atoms with Crippen molar-refractivity contribution in [3.63, 3.8) is 0 Å². The zero-order valence-electron chi connectivity index (χ0n) is 16.5. The Hall–Kier alpha value is -1.64. The quantitative estimate of drug-likeness (QED) is 0.516. The minimum atomic E-state index is -3.39. The third-order valence-corrected chi connectivity index (χ3v) is 6.52. The van der Waals surface area contributed by atoms with Crippen molar-refractivity contribution >= 4 is 16.0 Å². The molecule has 0 aliphatic carbocycles. The van der Waals surface area contributed by atoms with Crippen LogP contribution in [-0.2, 0) is 14.8 Å². The van der Waals surface area contributed by atoms with E-state index in [1.807, 2.05) is 19.9 Å². The van der Waals surface area contributed by atoms with Crippen LogP contribution in [-0.4, -0.2) is 64.6 Å². The largest absolute Gasteiger partial charge is 0.383 e. The summed E-state index contributed by atoms with van der Waals surface area (Å²) >= 11 is 0. The summed E-state index contributed by atoms with van der Waals surface area (Å²) in [5, 5.41) is 6.56. The maximum atomic E-state index is 12.7. The fraction of sp³-hybridized carbons (Fsp3) is 0.632. The number of nitrogens with zero attached hydrogens (tertiary/aromatic N) is 2. The van der Waals surface area contributed by atoms with E-state index in [1.165, 1.54) is 0 Å². The van der Waals surface area contributed by atoms with Gasteiger partial charge in [0, 0.05) is 39.3 Å². The second kappa shape index (κ2) is 10.6. The first-order chi connectivity index (χ1) is 13.0. The molecule has 1 saturated heterocycles. The number of ether oxygens (including phenoxy) is 1. The SMILES string of the molecule is CCNC(=NCC1CCN(S(=O)(=O)c2ccccc2)CC1)NC(C)COC. The van der Waals surface area contributed by atoms with Crippen molar-refractivity contribution in [2.24, 2.45) is 10.9 Å². The lowest BCUT2D eigenvalue weighted by Crippen LogP contribution is -2.44. The van der Waals surface area contributed by atoms with Gasteiger partial charge in [-0.05, 0) is 44.7 Å². The minimum absolute atomic E-state index is 0.172. The molecule has 2 N–H and O–H groups in total. The number of sulfonamides is 1. The molecule has 0 radical (unpaired) electrons. The lowest BCUT2D eigenvalue weighted by atomic mass is 9.98. The molecule has 27 heavy (non-hydrogen) atoms. The summed E-state index contributed by atoms with van der Waals surface area (Å²) in [5.41, 5.74) is 0. The van der Waals surface area contributed by atoms with Gasteiger partial charge in [-0.15, -0.1) is 0 Å². The Morgan fingerprint density at radius 2 is 1.96 bits per heavy atom. The highest BCUT2D eigenvalue weighted by molar-refractivity contribution is 7.89. The van der Waals surface area contributed by atoms with E-state index in [2.05, 4.69) is 15.6 Å². The highest BCUT2D eigenvalue weighted by atomic mass is 32.2. The second-order valence-corrected chi connectivity index (χ2v) is 8.82. The average Bonchev–Trinajstić information content (AvgIpc) is 2.67.